The molecule has 0 aliphatic heterocycles. The van der Waals surface area contributed by atoms with Crippen LogP contribution in [-0.4, -0.2) is 18.2 Å². The quantitative estimate of drug-likeness (QED) is 0.713. The molecule has 0 radical (unpaired) electrons. The third-order valence-electron chi connectivity index (χ3n) is 5.53. The molecule has 0 aromatic rings. The second-order valence-corrected chi connectivity index (χ2v) is 8.54. The Morgan fingerprint density at radius 2 is 1.10 bits per heavy atom. The van der Waals surface area contributed by atoms with Gasteiger partial charge < -0.3 is 0 Å². The van der Waals surface area contributed by atoms with Gasteiger partial charge in [-0.1, -0.05) is 64.2 Å². The average Bonchev–Trinajstić information content (AvgIpc) is 2.44. The molecular weight excluding hydrogens is 272 g/mol. The third-order valence-corrected chi connectivity index (χ3v) is 6.99. The Morgan fingerprint density at radius 1 is 0.700 bits per heavy atom. The van der Waals surface area contributed by atoms with Crippen molar-refractivity contribution in [2.24, 2.45) is 5.41 Å². The Kier molecular flexibility index (Phi) is 5.91. The van der Waals surface area contributed by atoms with E-state index in [0.717, 1.165) is 51.4 Å². The summed E-state index contributed by atoms with van der Waals surface area (Å²) in [6.07, 6.45) is 15.3. The Morgan fingerprint density at radius 3 is 1.60 bits per heavy atom. The maximum Gasteiger partial charge on any atom is 0.268 e. The first kappa shape index (κ1) is 16.3. The largest absolute Gasteiger partial charge is 0.285 e. The number of hydrogen-bond acceptors (Lipinski definition) is 2. The van der Waals surface area contributed by atoms with Crippen molar-refractivity contribution in [3.05, 3.63) is 0 Å². The molecular formula is C16H30O3S. The summed E-state index contributed by atoms with van der Waals surface area (Å²) in [6.45, 7) is 0. The summed E-state index contributed by atoms with van der Waals surface area (Å²) in [7, 11) is -3.91. The van der Waals surface area contributed by atoms with Crippen molar-refractivity contribution in [2.75, 3.05) is 0 Å². The number of rotatable bonds is 1. The van der Waals surface area contributed by atoms with Crippen molar-refractivity contribution >= 4 is 10.1 Å². The van der Waals surface area contributed by atoms with Crippen molar-refractivity contribution in [1.29, 1.82) is 0 Å². The van der Waals surface area contributed by atoms with Crippen LogP contribution in [0.25, 0.3) is 0 Å². The van der Waals surface area contributed by atoms with Gasteiger partial charge in [0, 0.05) is 0 Å². The highest BCUT2D eigenvalue weighted by atomic mass is 32.2. The van der Waals surface area contributed by atoms with E-state index in [-0.39, 0.29) is 5.41 Å². The van der Waals surface area contributed by atoms with E-state index in [2.05, 4.69) is 0 Å². The molecule has 3 nitrogen and oxygen atoms in total. The molecule has 2 saturated carbocycles. The summed E-state index contributed by atoms with van der Waals surface area (Å²) in [5, 5.41) is -0.506. The van der Waals surface area contributed by atoms with Crippen LogP contribution in [0.5, 0.6) is 0 Å². The van der Waals surface area contributed by atoms with Gasteiger partial charge in [-0.05, 0) is 31.1 Å². The highest BCUT2D eigenvalue weighted by Gasteiger charge is 2.45. The molecule has 0 bridgehead atoms. The van der Waals surface area contributed by atoms with Gasteiger partial charge in [0.05, 0.1) is 5.25 Å². The first-order chi connectivity index (χ1) is 9.55. The molecule has 1 atom stereocenters. The second kappa shape index (κ2) is 7.26. The summed E-state index contributed by atoms with van der Waals surface area (Å²) in [5.41, 5.74) is -0.129. The normalized spacial score (nSPS) is 29.8. The molecule has 1 spiro atoms. The molecule has 4 heteroatoms. The summed E-state index contributed by atoms with van der Waals surface area (Å²) < 4.78 is 33.7. The van der Waals surface area contributed by atoms with E-state index in [1.54, 1.807) is 0 Å². The minimum Gasteiger partial charge on any atom is -0.285 e. The van der Waals surface area contributed by atoms with Crippen LogP contribution in [-0.2, 0) is 10.1 Å². The van der Waals surface area contributed by atoms with E-state index in [9.17, 15) is 13.0 Å². The van der Waals surface area contributed by atoms with Gasteiger partial charge in [-0.2, -0.15) is 8.42 Å². The lowest BCUT2D eigenvalue weighted by Crippen LogP contribution is -2.42. The predicted octanol–water partition coefficient (Wildman–Crippen LogP) is 4.72. The van der Waals surface area contributed by atoms with E-state index in [1.165, 1.54) is 32.1 Å². The second-order valence-electron chi connectivity index (χ2n) is 6.94. The van der Waals surface area contributed by atoms with Crippen molar-refractivity contribution in [3.63, 3.8) is 0 Å². The fourth-order valence-corrected chi connectivity index (χ4v) is 5.90. The monoisotopic (exact) mass is 302 g/mol. The van der Waals surface area contributed by atoms with Crippen LogP contribution >= 0.6 is 0 Å². The van der Waals surface area contributed by atoms with Crippen LogP contribution in [0.4, 0.5) is 0 Å². The zero-order chi connectivity index (χ0) is 14.5. The predicted molar refractivity (Wildman–Crippen MR) is 82.4 cm³/mol. The zero-order valence-corrected chi connectivity index (χ0v) is 13.5. The summed E-state index contributed by atoms with van der Waals surface area (Å²) in [5.74, 6) is 0. The van der Waals surface area contributed by atoms with Crippen LogP contribution < -0.4 is 0 Å². The molecule has 1 N–H and O–H groups in total. The molecule has 0 aromatic heterocycles. The maximum atomic E-state index is 12.0. The first-order valence-electron chi connectivity index (χ1n) is 8.51. The van der Waals surface area contributed by atoms with Gasteiger partial charge in [0.2, 0.25) is 0 Å². The van der Waals surface area contributed by atoms with Crippen molar-refractivity contribution in [1.82, 2.24) is 0 Å². The lowest BCUT2D eigenvalue weighted by molar-refractivity contribution is 0.146. The topological polar surface area (TPSA) is 54.4 Å². The van der Waals surface area contributed by atoms with Gasteiger partial charge in [0.15, 0.2) is 0 Å². The van der Waals surface area contributed by atoms with Crippen LogP contribution in [0.3, 0.4) is 0 Å². The van der Waals surface area contributed by atoms with Gasteiger partial charge >= 0.3 is 0 Å². The van der Waals surface area contributed by atoms with Crippen molar-refractivity contribution < 1.29 is 13.0 Å². The number of hydrogen-bond donors (Lipinski definition) is 1. The Hall–Kier alpha value is -0.0900. The van der Waals surface area contributed by atoms with Crippen LogP contribution in [0.15, 0.2) is 0 Å². The Labute approximate surface area is 124 Å². The van der Waals surface area contributed by atoms with E-state index in [0.29, 0.717) is 6.42 Å². The Bertz CT molecular complexity index is 383. The molecule has 2 rings (SSSR count). The maximum absolute atomic E-state index is 12.0. The average molecular weight is 302 g/mol. The molecule has 20 heavy (non-hydrogen) atoms. The standard InChI is InChI=1S/C16H30O3S/c17-20(18,19)15-11-7-4-2-1-3-5-8-12-16(15)13-9-6-10-14-16/h15H,1-14H2,(H,17,18,19). The molecule has 1 unspecified atom stereocenters. The molecule has 2 aliphatic carbocycles. The summed E-state index contributed by atoms with van der Waals surface area (Å²) in [4.78, 5) is 0. The summed E-state index contributed by atoms with van der Waals surface area (Å²) >= 11 is 0. The van der Waals surface area contributed by atoms with Gasteiger partial charge in [0.1, 0.15) is 0 Å². The zero-order valence-electron chi connectivity index (χ0n) is 12.6. The smallest absolute Gasteiger partial charge is 0.268 e. The summed E-state index contributed by atoms with van der Waals surface area (Å²) in [6, 6.07) is 0. The van der Waals surface area contributed by atoms with E-state index in [1.807, 2.05) is 0 Å². The van der Waals surface area contributed by atoms with Crippen LogP contribution in [0.2, 0.25) is 0 Å². The first-order valence-corrected chi connectivity index (χ1v) is 10.0. The van der Waals surface area contributed by atoms with Gasteiger partial charge in [-0.25, -0.2) is 0 Å². The fourth-order valence-electron chi connectivity index (χ4n) is 4.45. The molecule has 2 fully saturated rings. The van der Waals surface area contributed by atoms with E-state index >= 15 is 0 Å². The molecule has 118 valence electrons. The highest BCUT2D eigenvalue weighted by Crippen LogP contribution is 2.47. The highest BCUT2D eigenvalue weighted by molar-refractivity contribution is 7.86. The molecule has 0 saturated heterocycles. The Balaban J connectivity index is 2.21. The SMILES string of the molecule is O=S(=O)(O)C1CCCCCCCCCC12CCCCC2. The fraction of sp³-hybridized carbons (Fsp3) is 1.00. The minimum absolute atomic E-state index is 0.129. The van der Waals surface area contributed by atoms with Gasteiger partial charge in [-0.15, -0.1) is 0 Å². The van der Waals surface area contributed by atoms with Crippen LogP contribution in [0.1, 0.15) is 89.9 Å². The lowest BCUT2D eigenvalue weighted by Gasteiger charge is -2.42. The molecule has 0 heterocycles. The van der Waals surface area contributed by atoms with Crippen molar-refractivity contribution in [2.45, 2.75) is 95.1 Å². The van der Waals surface area contributed by atoms with E-state index < -0.39 is 15.4 Å². The van der Waals surface area contributed by atoms with Gasteiger partial charge in [-0.3, -0.25) is 4.55 Å². The van der Waals surface area contributed by atoms with Crippen molar-refractivity contribution in [3.8, 4) is 0 Å². The molecule has 0 amide bonds. The molecule has 0 aromatic carbocycles. The minimum atomic E-state index is -3.91. The van der Waals surface area contributed by atoms with Crippen LogP contribution in [0, 0.1) is 5.41 Å². The third kappa shape index (κ3) is 4.20. The van der Waals surface area contributed by atoms with Gasteiger partial charge in [0.25, 0.3) is 10.1 Å². The van der Waals surface area contributed by atoms with E-state index in [4.69, 9.17) is 0 Å². The molecule has 2 aliphatic rings. The lowest BCUT2D eigenvalue weighted by atomic mass is 9.67.